The van der Waals surface area contributed by atoms with Gasteiger partial charge in [0.1, 0.15) is 11.5 Å². The zero-order valence-corrected chi connectivity index (χ0v) is 10.4. The molecule has 1 aromatic heterocycles. The number of rotatable bonds is 4. The van der Waals surface area contributed by atoms with E-state index in [1.807, 2.05) is 0 Å². The van der Waals surface area contributed by atoms with Crippen molar-refractivity contribution in [2.75, 3.05) is 7.11 Å². The lowest BCUT2D eigenvalue weighted by molar-refractivity contribution is 0.0656. The van der Waals surface area contributed by atoms with Crippen molar-refractivity contribution < 1.29 is 23.4 Å². The van der Waals surface area contributed by atoms with Crippen LogP contribution in [0.5, 0.6) is 0 Å². The first-order valence-corrected chi connectivity index (χ1v) is 5.51. The molecule has 2 aromatic rings. The third-order valence-electron chi connectivity index (χ3n) is 2.53. The molecule has 0 radical (unpaired) electrons. The number of carbonyl (C=O) groups is 1. The van der Waals surface area contributed by atoms with Gasteiger partial charge in [-0.25, -0.2) is 14.2 Å². The van der Waals surface area contributed by atoms with Crippen LogP contribution >= 0.6 is 0 Å². The molecule has 1 N–H and O–H groups in total. The van der Waals surface area contributed by atoms with Gasteiger partial charge >= 0.3 is 5.97 Å². The Balaban J connectivity index is 2.50. The van der Waals surface area contributed by atoms with Gasteiger partial charge in [-0.05, 0) is 24.6 Å². The van der Waals surface area contributed by atoms with Crippen molar-refractivity contribution in [2.45, 2.75) is 13.5 Å². The normalized spacial score (nSPS) is 10.7. The Kier molecular flexibility index (Phi) is 3.62. The number of carboxylic acids is 1. The lowest BCUT2D eigenvalue weighted by Crippen LogP contribution is -2.00. The van der Waals surface area contributed by atoms with Gasteiger partial charge in [0.15, 0.2) is 0 Å². The van der Waals surface area contributed by atoms with Gasteiger partial charge in [-0.1, -0.05) is 6.07 Å². The largest absolute Gasteiger partial charge is 0.475 e. The summed E-state index contributed by atoms with van der Waals surface area (Å²) in [6.07, 6.45) is 0. The molecular formula is C13H12FNO4. The maximum atomic E-state index is 13.8. The van der Waals surface area contributed by atoms with E-state index >= 15 is 0 Å². The third kappa shape index (κ3) is 2.63. The van der Waals surface area contributed by atoms with Crippen LogP contribution in [0, 0.1) is 12.7 Å². The van der Waals surface area contributed by atoms with E-state index in [0.29, 0.717) is 0 Å². The Labute approximate surface area is 108 Å². The maximum Gasteiger partial charge on any atom is 0.373 e. The lowest BCUT2D eigenvalue weighted by Gasteiger charge is -1.99. The molecule has 0 aliphatic carbocycles. The van der Waals surface area contributed by atoms with Crippen LogP contribution in [0.15, 0.2) is 22.6 Å². The highest BCUT2D eigenvalue weighted by atomic mass is 19.1. The number of hydrogen-bond acceptors (Lipinski definition) is 4. The number of benzene rings is 1. The number of aromatic nitrogens is 1. The minimum absolute atomic E-state index is 0.0153. The van der Waals surface area contributed by atoms with Crippen LogP contribution in [-0.4, -0.2) is 23.2 Å². The summed E-state index contributed by atoms with van der Waals surface area (Å²) >= 11 is 0. The average Bonchev–Trinajstić information content (AvgIpc) is 2.73. The van der Waals surface area contributed by atoms with Crippen LogP contribution in [0.4, 0.5) is 4.39 Å². The summed E-state index contributed by atoms with van der Waals surface area (Å²) < 4.78 is 23.7. The second kappa shape index (κ2) is 5.19. The topological polar surface area (TPSA) is 72.6 Å². The number of methoxy groups -OCH3 is 1. The van der Waals surface area contributed by atoms with Crippen LogP contribution in [0.2, 0.25) is 0 Å². The van der Waals surface area contributed by atoms with Gasteiger partial charge in [0.25, 0.3) is 0 Å². The van der Waals surface area contributed by atoms with E-state index in [1.165, 1.54) is 19.2 Å². The number of ether oxygens (including phenoxy) is 1. The first-order valence-electron chi connectivity index (χ1n) is 5.51. The van der Waals surface area contributed by atoms with E-state index in [0.717, 1.165) is 5.56 Å². The van der Waals surface area contributed by atoms with E-state index in [-0.39, 0.29) is 29.5 Å². The first-order chi connectivity index (χ1) is 9.02. The standard InChI is InChI=1S/C13H12FNO4/c1-7-3-4-8(9(14)5-7)12-15-10(6-18-2)11(19-12)13(16)17/h3-5H,6H2,1-2H3,(H,16,17). The maximum absolute atomic E-state index is 13.8. The van der Waals surface area contributed by atoms with Crippen LogP contribution in [0.1, 0.15) is 21.8 Å². The lowest BCUT2D eigenvalue weighted by atomic mass is 10.1. The SMILES string of the molecule is COCc1nc(-c2ccc(C)cc2F)oc1C(=O)O. The highest BCUT2D eigenvalue weighted by molar-refractivity contribution is 5.86. The molecule has 0 aliphatic heterocycles. The van der Waals surface area contributed by atoms with E-state index in [4.69, 9.17) is 14.3 Å². The van der Waals surface area contributed by atoms with Crippen molar-refractivity contribution in [3.8, 4) is 11.5 Å². The van der Waals surface area contributed by atoms with Crippen molar-refractivity contribution in [2.24, 2.45) is 0 Å². The summed E-state index contributed by atoms with van der Waals surface area (Å²) in [6, 6.07) is 4.52. The molecule has 0 unspecified atom stereocenters. The Hall–Kier alpha value is -2.21. The molecule has 5 nitrogen and oxygen atoms in total. The molecule has 2 rings (SSSR count). The fourth-order valence-electron chi connectivity index (χ4n) is 1.66. The molecule has 0 saturated heterocycles. The van der Waals surface area contributed by atoms with E-state index < -0.39 is 11.8 Å². The smallest absolute Gasteiger partial charge is 0.373 e. The number of nitrogens with zero attached hydrogens (tertiary/aromatic N) is 1. The fraction of sp³-hybridized carbons (Fsp3) is 0.231. The van der Waals surface area contributed by atoms with Crippen LogP contribution in [0.25, 0.3) is 11.5 Å². The Bertz CT molecular complexity index is 621. The van der Waals surface area contributed by atoms with Crippen LogP contribution in [-0.2, 0) is 11.3 Å². The molecule has 0 amide bonds. The second-order valence-corrected chi connectivity index (χ2v) is 4.02. The molecule has 0 spiro atoms. The molecule has 100 valence electrons. The average molecular weight is 265 g/mol. The number of carboxylic acid groups (broad SMARTS) is 1. The van der Waals surface area contributed by atoms with E-state index in [9.17, 15) is 9.18 Å². The van der Waals surface area contributed by atoms with E-state index in [2.05, 4.69) is 4.98 Å². The van der Waals surface area contributed by atoms with Gasteiger partial charge in [0.2, 0.25) is 11.7 Å². The number of aryl methyl sites for hydroxylation is 1. The molecule has 6 heteroatoms. The number of hydrogen-bond donors (Lipinski definition) is 1. The van der Waals surface area contributed by atoms with Crippen molar-refractivity contribution >= 4 is 5.97 Å². The summed E-state index contributed by atoms with van der Waals surface area (Å²) in [5.74, 6) is -2.18. The van der Waals surface area contributed by atoms with Crippen molar-refractivity contribution in [1.29, 1.82) is 0 Å². The highest BCUT2D eigenvalue weighted by Gasteiger charge is 2.21. The summed E-state index contributed by atoms with van der Waals surface area (Å²) in [6.45, 7) is 1.74. The number of oxazole rings is 1. The van der Waals surface area contributed by atoms with Crippen molar-refractivity contribution in [3.63, 3.8) is 0 Å². The minimum atomic E-state index is -1.27. The number of aromatic carboxylic acids is 1. The zero-order valence-electron chi connectivity index (χ0n) is 10.4. The quantitative estimate of drug-likeness (QED) is 0.919. The molecule has 0 fully saturated rings. The van der Waals surface area contributed by atoms with Gasteiger partial charge in [0.05, 0.1) is 12.2 Å². The minimum Gasteiger partial charge on any atom is -0.475 e. The first kappa shape index (κ1) is 13.2. The van der Waals surface area contributed by atoms with Crippen LogP contribution < -0.4 is 0 Å². The third-order valence-corrected chi connectivity index (χ3v) is 2.53. The van der Waals surface area contributed by atoms with Gasteiger partial charge < -0.3 is 14.3 Å². The van der Waals surface area contributed by atoms with Crippen molar-refractivity contribution in [3.05, 3.63) is 41.0 Å². The molecule has 0 saturated carbocycles. The van der Waals surface area contributed by atoms with Crippen molar-refractivity contribution in [1.82, 2.24) is 4.98 Å². The Morgan fingerprint density at radius 2 is 2.26 bits per heavy atom. The molecular weight excluding hydrogens is 253 g/mol. The summed E-state index contributed by atoms with van der Waals surface area (Å²) in [7, 11) is 1.41. The van der Waals surface area contributed by atoms with E-state index in [1.54, 1.807) is 13.0 Å². The Morgan fingerprint density at radius 3 is 2.84 bits per heavy atom. The summed E-state index contributed by atoms with van der Waals surface area (Å²) in [4.78, 5) is 15.0. The molecule has 1 heterocycles. The molecule has 0 aliphatic rings. The van der Waals surface area contributed by atoms with Gasteiger partial charge in [-0.3, -0.25) is 0 Å². The summed E-state index contributed by atoms with van der Waals surface area (Å²) in [5.41, 5.74) is 1.00. The number of halogens is 1. The fourth-order valence-corrected chi connectivity index (χ4v) is 1.66. The predicted molar refractivity (Wildman–Crippen MR) is 64.3 cm³/mol. The molecule has 0 atom stereocenters. The molecule has 0 bridgehead atoms. The molecule has 19 heavy (non-hydrogen) atoms. The monoisotopic (exact) mass is 265 g/mol. The second-order valence-electron chi connectivity index (χ2n) is 4.02. The molecule has 1 aromatic carbocycles. The summed E-state index contributed by atoms with van der Waals surface area (Å²) in [5, 5.41) is 8.98. The highest BCUT2D eigenvalue weighted by Crippen LogP contribution is 2.25. The van der Waals surface area contributed by atoms with Gasteiger partial charge in [-0.2, -0.15) is 0 Å². The predicted octanol–water partition coefficient (Wildman–Crippen LogP) is 2.63. The van der Waals surface area contributed by atoms with Gasteiger partial charge in [-0.15, -0.1) is 0 Å². The van der Waals surface area contributed by atoms with Gasteiger partial charge in [0, 0.05) is 7.11 Å². The van der Waals surface area contributed by atoms with Crippen LogP contribution in [0.3, 0.4) is 0 Å². The zero-order chi connectivity index (χ0) is 14.0. The Morgan fingerprint density at radius 1 is 1.53 bits per heavy atom.